The second kappa shape index (κ2) is 11.2. The van der Waals surface area contributed by atoms with E-state index in [2.05, 4.69) is 25.8 Å². The molecule has 0 aliphatic carbocycles. The molecule has 0 spiro atoms. The van der Waals surface area contributed by atoms with Crippen LogP contribution in [0.5, 0.6) is 0 Å². The van der Waals surface area contributed by atoms with Crippen LogP contribution in [-0.2, 0) is 4.74 Å². The molecule has 0 bridgehead atoms. The SMILES string of the molecule is CC(C)OCCCNC(=O)c1ccccc1Nc1ccc2c(/C=C/c3ccccn3)n[nH]c2c1. The van der Waals surface area contributed by atoms with Crippen molar-refractivity contribution in [1.82, 2.24) is 20.5 Å². The zero-order chi connectivity index (χ0) is 23.8. The molecule has 0 aliphatic heterocycles. The number of pyridine rings is 1. The van der Waals surface area contributed by atoms with Crippen LogP contribution < -0.4 is 10.6 Å². The number of carbonyl (C=O) groups is 1. The van der Waals surface area contributed by atoms with Crippen LogP contribution in [0.3, 0.4) is 0 Å². The Kier molecular flexibility index (Phi) is 7.67. The van der Waals surface area contributed by atoms with Gasteiger partial charge < -0.3 is 15.4 Å². The lowest BCUT2D eigenvalue weighted by Gasteiger charge is -2.13. The van der Waals surface area contributed by atoms with Crippen LogP contribution in [0.25, 0.3) is 23.1 Å². The van der Waals surface area contributed by atoms with Crippen molar-refractivity contribution in [2.75, 3.05) is 18.5 Å². The molecule has 34 heavy (non-hydrogen) atoms. The number of amides is 1. The van der Waals surface area contributed by atoms with Gasteiger partial charge in [0.25, 0.3) is 5.91 Å². The molecule has 0 saturated carbocycles. The number of rotatable bonds is 10. The monoisotopic (exact) mass is 455 g/mol. The molecule has 2 aromatic carbocycles. The molecule has 0 radical (unpaired) electrons. The van der Waals surface area contributed by atoms with Gasteiger partial charge in [-0.3, -0.25) is 14.9 Å². The average molecular weight is 456 g/mol. The highest BCUT2D eigenvalue weighted by molar-refractivity contribution is 6.00. The van der Waals surface area contributed by atoms with E-state index in [0.29, 0.717) is 18.7 Å². The third kappa shape index (κ3) is 6.08. The lowest BCUT2D eigenvalue weighted by molar-refractivity contribution is 0.0757. The number of para-hydroxylation sites is 1. The summed E-state index contributed by atoms with van der Waals surface area (Å²) in [5, 5.41) is 14.9. The Morgan fingerprint density at radius 3 is 2.76 bits per heavy atom. The van der Waals surface area contributed by atoms with E-state index in [9.17, 15) is 4.79 Å². The number of ether oxygens (including phenoxy) is 1. The lowest BCUT2D eigenvalue weighted by atomic mass is 10.1. The second-order valence-corrected chi connectivity index (χ2v) is 8.16. The summed E-state index contributed by atoms with van der Waals surface area (Å²) in [5.41, 5.74) is 4.82. The normalized spacial score (nSPS) is 11.4. The number of H-pyrrole nitrogens is 1. The highest BCUT2D eigenvalue weighted by Crippen LogP contribution is 2.26. The topological polar surface area (TPSA) is 91.9 Å². The van der Waals surface area contributed by atoms with Crippen LogP contribution in [0, 0.1) is 0 Å². The van der Waals surface area contributed by atoms with Crippen LogP contribution in [-0.4, -0.2) is 40.3 Å². The zero-order valence-electron chi connectivity index (χ0n) is 19.4. The van der Waals surface area contributed by atoms with Crippen LogP contribution >= 0.6 is 0 Å². The Hall–Kier alpha value is -3.97. The van der Waals surface area contributed by atoms with Crippen LogP contribution in [0.15, 0.2) is 66.9 Å². The number of nitrogens with zero attached hydrogens (tertiary/aromatic N) is 2. The summed E-state index contributed by atoms with van der Waals surface area (Å²) in [7, 11) is 0. The van der Waals surface area contributed by atoms with Crippen molar-refractivity contribution in [3.05, 3.63) is 83.8 Å². The van der Waals surface area contributed by atoms with Crippen molar-refractivity contribution in [2.45, 2.75) is 26.4 Å². The molecule has 0 aliphatic rings. The summed E-state index contributed by atoms with van der Waals surface area (Å²) in [6.07, 6.45) is 6.61. The van der Waals surface area contributed by atoms with Crippen LogP contribution in [0.4, 0.5) is 11.4 Å². The maximum Gasteiger partial charge on any atom is 0.253 e. The van der Waals surface area contributed by atoms with Gasteiger partial charge in [-0.05, 0) is 74.9 Å². The van der Waals surface area contributed by atoms with Crippen LogP contribution in [0.1, 0.15) is 42.0 Å². The fraction of sp³-hybridized carbons (Fsp3) is 0.222. The van der Waals surface area contributed by atoms with Gasteiger partial charge in [-0.25, -0.2) is 0 Å². The average Bonchev–Trinajstić information content (AvgIpc) is 3.25. The van der Waals surface area contributed by atoms with Crippen LogP contribution in [0.2, 0.25) is 0 Å². The van der Waals surface area contributed by atoms with Crippen molar-refractivity contribution in [3.63, 3.8) is 0 Å². The molecule has 1 amide bonds. The number of hydrogen-bond acceptors (Lipinski definition) is 5. The molecule has 3 N–H and O–H groups in total. The first-order valence-electron chi connectivity index (χ1n) is 11.4. The van der Waals surface area contributed by atoms with E-state index in [1.807, 2.05) is 86.7 Å². The molecule has 7 nitrogen and oxygen atoms in total. The minimum atomic E-state index is -0.114. The number of aromatic nitrogens is 3. The number of nitrogens with one attached hydrogen (secondary N) is 3. The molecule has 4 rings (SSSR count). The highest BCUT2D eigenvalue weighted by atomic mass is 16.5. The van der Waals surface area contributed by atoms with Gasteiger partial charge in [0.05, 0.1) is 34.3 Å². The van der Waals surface area contributed by atoms with Crippen molar-refractivity contribution in [1.29, 1.82) is 0 Å². The largest absolute Gasteiger partial charge is 0.379 e. The highest BCUT2D eigenvalue weighted by Gasteiger charge is 2.11. The predicted octanol–water partition coefficient (Wildman–Crippen LogP) is 5.42. The number of carbonyl (C=O) groups excluding carboxylic acids is 1. The van der Waals surface area contributed by atoms with E-state index in [1.54, 1.807) is 6.20 Å². The first-order chi connectivity index (χ1) is 16.6. The lowest BCUT2D eigenvalue weighted by Crippen LogP contribution is -2.26. The van der Waals surface area contributed by atoms with Gasteiger partial charge in [0, 0.05) is 30.4 Å². The number of benzene rings is 2. The number of aromatic amines is 1. The van der Waals surface area contributed by atoms with Crippen molar-refractivity contribution >= 4 is 40.3 Å². The van der Waals surface area contributed by atoms with Gasteiger partial charge in [0.1, 0.15) is 0 Å². The Bertz CT molecular complexity index is 1260. The molecular weight excluding hydrogens is 426 g/mol. The van der Waals surface area contributed by atoms with Crippen molar-refractivity contribution in [2.24, 2.45) is 0 Å². The third-order valence-electron chi connectivity index (χ3n) is 5.20. The number of anilines is 2. The molecule has 4 aromatic rings. The molecule has 0 saturated heterocycles. The first kappa shape index (κ1) is 23.2. The van der Waals surface area contributed by atoms with Gasteiger partial charge in [-0.1, -0.05) is 18.2 Å². The third-order valence-corrected chi connectivity index (χ3v) is 5.20. The number of fused-ring (bicyclic) bond motifs is 1. The standard InChI is InChI=1S/C27H29N5O2/c1-19(2)34-17-7-16-29-27(33)23-9-3-4-10-24(23)30-21-11-13-22-25(31-32-26(22)18-21)14-12-20-8-5-6-15-28-20/h3-6,8-15,18-19,30H,7,16-17H2,1-2H3,(H,29,33)(H,31,32)/b14-12+. The number of hydrogen-bond donors (Lipinski definition) is 3. The fourth-order valence-electron chi connectivity index (χ4n) is 3.52. The summed E-state index contributed by atoms with van der Waals surface area (Å²) in [5.74, 6) is -0.114. The summed E-state index contributed by atoms with van der Waals surface area (Å²) in [6, 6.07) is 19.2. The minimum Gasteiger partial charge on any atom is -0.379 e. The fourth-order valence-corrected chi connectivity index (χ4v) is 3.52. The van der Waals surface area contributed by atoms with Crippen molar-refractivity contribution in [3.8, 4) is 0 Å². The summed E-state index contributed by atoms with van der Waals surface area (Å²) < 4.78 is 5.53. The maximum atomic E-state index is 12.7. The molecule has 0 atom stereocenters. The molecular formula is C27H29N5O2. The van der Waals surface area contributed by atoms with Gasteiger partial charge in [0.2, 0.25) is 0 Å². The van der Waals surface area contributed by atoms with Gasteiger partial charge in [-0.2, -0.15) is 5.10 Å². The predicted molar refractivity (Wildman–Crippen MR) is 137 cm³/mol. The van der Waals surface area contributed by atoms with E-state index >= 15 is 0 Å². The maximum absolute atomic E-state index is 12.7. The molecule has 0 unspecified atom stereocenters. The molecule has 2 heterocycles. The van der Waals surface area contributed by atoms with Gasteiger partial charge in [-0.15, -0.1) is 0 Å². The van der Waals surface area contributed by atoms with Crippen molar-refractivity contribution < 1.29 is 9.53 Å². The first-order valence-corrected chi connectivity index (χ1v) is 11.4. The Morgan fingerprint density at radius 1 is 1.09 bits per heavy atom. The Labute approximate surface area is 199 Å². The van der Waals surface area contributed by atoms with Gasteiger partial charge in [0.15, 0.2) is 0 Å². The van der Waals surface area contributed by atoms with E-state index < -0.39 is 0 Å². The summed E-state index contributed by atoms with van der Waals surface area (Å²) in [4.78, 5) is 17.0. The molecule has 174 valence electrons. The zero-order valence-corrected chi connectivity index (χ0v) is 19.4. The Balaban J connectivity index is 1.44. The minimum absolute atomic E-state index is 0.114. The van der Waals surface area contributed by atoms with Gasteiger partial charge >= 0.3 is 0 Å². The summed E-state index contributed by atoms with van der Waals surface area (Å²) >= 11 is 0. The molecule has 2 aromatic heterocycles. The molecule has 7 heteroatoms. The van der Waals surface area contributed by atoms with E-state index in [4.69, 9.17) is 4.74 Å². The quantitative estimate of drug-likeness (QED) is 0.278. The second-order valence-electron chi connectivity index (χ2n) is 8.16. The summed E-state index contributed by atoms with van der Waals surface area (Å²) in [6.45, 7) is 5.19. The van der Waals surface area contributed by atoms with E-state index in [0.717, 1.165) is 40.1 Å². The Morgan fingerprint density at radius 2 is 1.94 bits per heavy atom. The molecule has 0 fully saturated rings. The van der Waals surface area contributed by atoms with E-state index in [-0.39, 0.29) is 12.0 Å². The van der Waals surface area contributed by atoms with E-state index in [1.165, 1.54) is 0 Å². The smallest absolute Gasteiger partial charge is 0.253 e.